The molecule has 14 heavy (non-hydrogen) atoms. The Labute approximate surface area is 92.6 Å². The standard InChI is InChI=1S/C11H12BrNO/c12-6-8-14-7-5-10-1-3-11(9-13)4-2-10/h1-4H,5-8H2. The summed E-state index contributed by atoms with van der Waals surface area (Å²) in [7, 11) is 0. The van der Waals surface area contributed by atoms with Crippen LogP contribution in [0, 0.1) is 11.3 Å². The van der Waals surface area contributed by atoms with Crippen LogP contribution in [0.1, 0.15) is 11.1 Å². The molecule has 0 unspecified atom stereocenters. The zero-order chi connectivity index (χ0) is 10.2. The van der Waals surface area contributed by atoms with Gasteiger partial charge in [-0.3, -0.25) is 0 Å². The summed E-state index contributed by atoms with van der Waals surface area (Å²) in [4.78, 5) is 0. The Bertz CT molecular complexity index is 302. The van der Waals surface area contributed by atoms with E-state index in [1.807, 2.05) is 24.3 Å². The minimum absolute atomic E-state index is 0.704. The van der Waals surface area contributed by atoms with Gasteiger partial charge in [0.1, 0.15) is 0 Å². The first-order chi connectivity index (χ1) is 6.86. The van der Waals surface area contributed by atoms with Crippen molar-refractivity contribution < 1.29 is 4.74 Å². The topological polar surface area (TPSA) is 33.0 Å². The fourth-order valence-corrected chi connectivity index (χ4v) is 1.32. The van der Waals surface area contributed by atoms with E-state index in [1.165, 1.54) is 5.56 Å². The third-order valence-electron chi connectivity index (χ3n) is 1.84. The fourth-order valence-electron chi connectivity index (χ4n) is 1.09. The predicted molar refractivity (Wildman–Crippen MR) is 59.5 cm³/mol. The molecule has 3 heteroatoms. The van der Waals surface area contributed by atoms with Gasteiger partial charge in [-0.05, 0) is 24.1 Å². The first-order valence-electron chi connectivity index (χ1n) is 4.49. The molecular formula is C11H12BrNO. The second kappa shape index (κ2) is 6.58. The van der Waals surface area contributed by atoms with Gasteiger partial charge in [0.15, 0.2) is 0 Å². The number of hydrogen-bond acceptors (Lipinski definition) is 2. The summed E-state index contributed by atoms with van der Waals surface area (Å²) >= 11 is 3.29. The van der Waals surface area contributed by atoms with Crippen LogP contribution in [0.5, 0.6) is 0 Å². The number of rotatable bonds is 5. The van der Waals surface area contributed by atoms with Crippen LogP contribution in [0.3, 0.4) is 0 Å². The molecule has 0 radical (unpaired) electrons. The second-order valence-electron chi connectivity index (χ2n) is 2.86. The first-order valence-corrected chi connectivity index (χ1v) is 5.61. The fraction of sp³-hybridized carbons (Fsp3) is 0.364. The van der Waals surface area contributed by atoms with E-state index in [0.29, 0.717) is 5.56 Å². The Balaban J connectivity index is 2.33. The highest BCUT2D eigenvalue weighted by atomic mass is 79.9. The van der Waals surface area contributed by atoms with E-state index in [-0.39, 0.29) is 0 Å². The maximum Gasteiger partial charge on any atom is 0.0991 e. The van der Waals surface area contributed by atoms with Gasteiger partial charge in [-0.15, -0.1) is 0 Å². The Kier molecular flexibility index (Phi) is 5.28. The van der Waals surface area contributed by atoms with Gasteiger partial charge in [0, 0.05) is 5.33 Å². The molecule has 74 valence electrons. The number of nitriles is 1. The lowest BCUT2D eigenvalue weighted by Gasteiger charge is -2.02. The van der Waals surface area contributed by atoms with Crippen LogP contribution in [0.25, 0.3) is 0 Å². The summed E-state index contributed by atoms with van der Waals surface area (Å²) in [5.41, 5.74) is 1.91. The minimum Gasteiger partial charge on any atom is -0.380 e. The third kappa shape index (κ3) is 3.91. The van der Waals surface area contributed by atoms with Gasteiger partial charge >= 0.3 is 0 Å². The first kappa shape index (κ1) is 11.2. The summed E-state index contributed by atoms with van der Waals surface area (Å²) in [6.45, 7) is 1.48. The lowest BCUT2D eigenvalue weighted by Crippen LogP contribution is -2.00. The average molecular weight is 254 g/mol. The van der Waals surface area contributed by atoms with Gasteiger partial charge in [-0.25, -0.2) is 0 Å². The number of nitrogens with zero attached hydrogens (tertiary/aromatic N) is 1. The van der Waals surface area contributed by atoms with Crippen molar-refractivity contribution in [2.45, 2.75) is 6.42 Å². The summed E-state index contributed by atoms with van der Waals surface area (Å²) in [6, 6.07) is 9.70. The van der Waals surface area contributed by atoms with E-state index < -0.39 is 0 Å². The third-order valence-corrected chi connectivity index (χ3v) is 2.16. The normalized spacial score (nSPS) is 9.71. The zero-order valence-corrected chi connectivity index (χ0v) is 9.46. The van der Waals surface area contributed by atoms with Crippen molar-refractivity contribution in [1.29, 1.82) is 5.26 Å². The number of alkyl halides is 1. The van der Waals surface area contributed by atoms with E-state index in [2.05, 4.69) is 22.0 Å². The second-order valence-corrected chi connectivity index (χ2v) is 3.65. The highest BCUT2D eigenvalue weighted by molar-refractivity contribution is 9.09. The summed E-state index contributed by atoms with van der Waals surface area (Å²) in [6.07, 6.45) is 0.901. The van der Waals surface area contributed by atoms with Crippen LogP contribution in [0.4, 0.5) is 0 Å². The van der Waals surface area contributed by atoms with E-state index in [1.54, 1.807) is 0 Å². The van der Waals surface area contributed by atoms with Crippen molar-refractivity contribution >= 4 is 15.9 Å². The highest BCUT2D eigenvalue weighted by Crippen LogP contribution is 2.04. The van der Waals surface area contributed by atoms with Crippen molar-refractivity contribution in [3.8, 4) is 6.07 Å². The van der Waals surface area contributed by atoms with Crippen molar-refractivity contribution in [3.05, 3.63) is 35.4 Å². The smallest absolute Gasteiger partial charge is 0.0991 e. The number of hydrogen-bond donors (Lipinski definition) is 0. The Morgan fingerprint density at radius 3 is 2.50 bits per heavy atom. The number of halogens is 1. The van der Waals surface area contributed by atoms with Crippen molar-refractivity contribution in [1.82, 2.24) is 0 Å². The van der Waals surface area contributed by atoms with Gasteiger partial charge in [0.2, 0.25) is 0 Å². The van der Waals surface area contributed by atoms with Gasteiger partial charge in [-0.1, -0.05) is 28.1 Å². The lowest BCUT2D eigenvalue weighted by molar-refractivity contribution is 0.154. The summed E-state index contributed by atoms with van der Waals surface area (Å²) in [5, 5.41) is 9.47. The quantitative estimate of drug-likeness (QED) is 0.597. The van der Waals surface area contributed by atoms with Crippen LogP contribution in [-0.2, 0) is 11.2 Å². The Morgan fingerprint density at radius 1 is 1.21 bits per heavy atom. The number of benzene rings is 1. The monoisotopic (exact) mass is 253 g/mol. The molecule has 0 aromatic heterocycles. The molecular weight excluding hydrogens is 242 g/mol. The lowest BCUT2D eigenvalue weighted by atomic mass is 10.1. The maximum atomic E-state index is 8.59. The van der Waals surface area contributed by atoms with Crippen LogP contribution in [-0.4, -0.2) is 18.5 Å². The highest BCUT2D eigenvalue weighted by Gasteiger charge is 1.94. The van der Waals surface area contributed by atoms with Gasteiger partial charge in [-0.2, -0.15) is 5.26 Å². The van der Waals surface area contributed by atoms with Gasteiger partial charge < -0.3 is 4.74 Å². The number of ether oxygens (including phenoxy) is 1. The summed E-state index contributed by atoms with van der Waals surface area (Å²) in [5.74, 6) is 0. The Morgan fingerprint density at radius 2 is 1.93 bits per heavy atom. The van der Waals surface area contributed by atoms with E-state index >= 15 is 0 Å². The molecule has 1 rings (SSSR count). The molecule has 0 heterocycles. The molecule has 0 saturated heterocycles. The molecule has 0 aliphatic rings. The van der Waals surface area contributed by atoms with E-state index in [9.17, 15) is 0 Å². The summed E-state index contributed by atoms with van der Waals surface area (Å²) < 4.78 is 5.33. The SMILES string of the molecule is N#Cc1ccc(CCOCCBr)cc1. The molecule has 0 aliphatic carbocycles. The van der Waals surface area contributed by atoms with Crippen molar-refractivity contribution in [3.63, 3.8) is 0 Å². The molecule has 0 saturated carbocycles. The molecule has 1 aromatic rings. The average Bonchev–Trinajstić information content (AvgIpc) is 2.25. The van der Waals surface area contributed by atoms with Crippen molar-refractivity contribution in [2.24, 2.45) is 0 Å². The van der Waals surface area contributed by atoms with Crippen LogP contribution in [0.15, 0.2) is 24.3 Å². The molecule has 0 bridgehead atoms. The van der Waals surface area contributed by atoms with E-state index in [4.69, 9.17) is 10.00 Å². The molecule has 0 aliphatic heterocycles. The van der Waals surface area contributed by atoms with Crippen molar-refractivity contribution in [2.75, 3.05) is 18.5 Å². The van der Waals surface area contributed by atoms with Crippen LogP contribution >= 0.6 is 15.9 Å². The van der Waals surface area contributed by atoms with E-state index in [0.717, 1.165) is 25.0 Å². The molecule has 0 amide bonds. The molecule has 2 nitrogen and oxygen atoms in total. The minimum atomic E-state index is 0.704. The Hall–Kier alpha value is -0.850. The van der Waals surface area contributed by atoms with Gasteiger partial charge in [0.25, 0.3) is 0 Å². The predicted octanol–water partition coefficient (Wildman–Crippen LogP) is 2.51. The maximum absolute atomic E-state index is 8.59. The molecule has 0 N–H and O–H groups in total. The van der Waals surface area contributed by atoms with Crippen LogP contribution < -0.4 is 0 Å². The van der Waals surface area contributed by atoms with Gasteiger partial charge in [0.05, 0.1) is 24.8 Å². The van der Waals surface area contributed by atoms with Crippen LogP contribution in [0.2, 0.25) is 0 Å². The molecule has 1 aromatic carbocycles. The molecule has 0 spiro atoms. The molecule has 0 fully saturated rings. The largest absolute Gasteiger partial charge is 0.380 e. The molecule has 0 atom stereocenters. The zero-order valence-electron chi connectivity index (χ0n) is 7.87.